The number of rotatable bonds is 8. The summed E-state index contributed by atoms with van der Waals surface area (Å²) in [4.78, 5) is 14.4. The molecule has 0 aliphatic heterocycles. The number of carbonyl (C=O) groups is 1. The van der Waals surface area contributed by atoms with Gasteiger partial charge in [-0.15, -0.1) is 10.2 Å². The zero-order valence-electron chi connectivity index (χ0n) is 17.6. The Morgan fingerprint density at radius 3 is 2.66 bits per heavy atom. The van der Waals surface area contributed by atoms with Crippen LogP contribution in [0.15, 0.2) is 70.5 Å². The maximum Gasteiger partial charge on any atom is 0.233 e. The van der Waals surface area contributed by atoms with Crippen LogP contribution in [0.2, 0.25) is 5.02 Å². The van der Waals surface area contributed by atoms with E-state index in [0.717, 1.165) is 16.8 Å². The summed E-state index contributed by atoms with van der Waals surface area (Å²) in [6, 6.07) is 17.1. The van der Waals surface area contributed by atoms with Gasteiger partial charge in [-0.3, -0.25) is 9.36 Å². The normalized spacial score (nSPS) is 10.8. The molecule has 0 unspecified atom stereocenters. The van der Waals surface area contributed by atoms with E-state index in [4.69, 9.17) is 16.3 Å². The van der Waals surface area contributed by atoms with Crippen LogP contribution in [0, 0.1) is 0 Å². The smallest absolute Gasteiger partial charge is 0.233 e. The fraction of sp³-hybridized carbons (Fsp3) is 0.174. The molecule has 0 bridgehead atoms. The highest BCUT2D eigenvalue weighted by Gasteiger charge is 2.20. The van der Waals surface area contributed by atoms with Gasteiger partial charge in [0, 0.05) is 24.3 Å². The van der Waals surface area contributed by atoms with Gasteiger partial charge in [0.25, 0.3) is 0 Å². The molecule has 0 fully saturated rings. The largest absolute Gasteiger partial charge is 0.496 e. The van der Waals surface area contributed by atoms with Crippen molar-refractivity contribution in [3.63, 3.8) is 0 Å². The van der Waals surface area contributed by atoms with Gasteiger partial charge in [0.2, 0.25) is 5.91 Å². The molecule has 4 rings (SSSR count). The van der Waals surface area contributed by atoms with Crippen LogP contribution in [-0.2, 0) is 11.3 Å². The van der Waals surface area contributed by atoms with Crippen LogP contribution in [0.4, 0.5) is 0 Å². The van der Waals surface area contributed by atoms with Gasteiger partial charge >= 0.3 is 0 Å². The molecule has 164 valence electrons. The first-order valence-corrected chi connectivity index (χ1v) is 12.1. The summed E-state index contributed by atoms with van der Waals surface area (Å²) >= 11 is 9.07. The predicted octanol–water partition coefficient (Wildman–Crippen LogP) is 5.41. The maximum absolute atomic E-state index is 12.7. The molecule has 0 aliphatic rings. The van der Waals surface area contributed by atoms with Crippen LogP contribution >= 0.6 is 34.7 Å². The summed E-state index contributed by atoms with van der Waals surface area (Å²) in [5, 5.41) is 14.1. The fourth-order valence-corrected chi connectivity index (χ4v) is 4.85. The summed E-state index contributed by atoms with van der Waals surface area (Å²) in [5.74, 6) is 1.59. The average molecular weight is 485 g/mol. The van der Waals surface area contributed by atoms with Gasteiger partial charge in [-0.25, -0.2) is 0 Å². The molecule has 1 amide bonds. The van der Waals surface area contributed by atoms with E-state index in [0.29, 0.717) is 28.3 Å². The van der Waals surface area contributed by atoms with E-state index in [1.54, 1.807) is 23.3 Å². The Kier molecular flexibility index (Phi) is 7.14. The molecule has 32 heavy (non-hydrogen) atoms. The van der Waals surface area contributed by atoms with Crippen molar-refractivity contribution in [2.24, 2.45) is 0 Å². The number of thiophene rings is 1. The highest BCUT2D eigenvalue weighted by Crippen LogP contribution is 2.33. The minimum Gasteiger partial charge on any atom is -0.496 e. The molecular weight excluding hydrogens is 464 g/mol. The molecule has 0 atom stereocenters. The molecule has 4 aromatic rings. The number of hydrogen-bond donors (Lipinski definition) is 0. The number of carbonyl (C=O) groups excluding carboxylic acids is 1. The third kappa shape index (κ3) is 4.98. The minimum atomic E-state index is 0.0192. The van der Waals surface area contributed by atoms with Crippen molar-refractivity contribution in [1.29, 1.82) is 0 Å². The van der Waals surface area contributed by atoms with Crippen molar-refractivity contribution >= 4 is 40.6 Å². The monoisotopic (exact) mass is 484 g/mol. The molecule has 6 nitrogen and oxygen atoms in total. The van der Waals surface area contributed by atoms with Crippen LogP contribution in [0.3, 0.4) is 0 Å². The molecule has 9 heteroatoms. The van der Waals surface area contributed by atoms with Gasteiger partial charge in [-0.2, -0.15) is 11.3 Å². The van der Waals surface area contributed by atoms with Crippen molar-refractivity contribution in [3.8, 4) is 22.8 Å². The molecule has 0 radical (unpaired) electrons. The van der Waals surface area contributed by atoms with Crippen LogP contribution in [0.1, 0.15) is 5.56 Å². The van der Waals surface area contributed by atoms with Gasteiger partial charge in [0.15, 0.2) is 11.0 Å². The third-order valence-corrected chi connectivity index (χ3v) is 6.71. The summed E-state index contributed by atoms with van der Waals surface area (Å²) in [6.07, 6.45) is 0. The number of ether oxygens (including phenoxy) is 1. The van der Waals surface area contributed by atoms with Crippen LogP contribution in [0.25, 0.3) is 17.1 Å². The Hall–Kier alpha value is -2.81. The Labute approximate surface area is 199 Å². The maximum atomic E-state index is 12.7. The van der Waals surface area contributed by atoms with Gasteiger partial charge in [-0.1, -0.05) is 35.5 Å². The zero-order chi connectivity index (χ0) is 22.5. The summed E-state index contributed by atoms with van der Waals surface area (Å²) in [6.45, 7) is 0.583. The number of methoxy groups -OCH3 is 1. The van der Waals surface area contributed by atoms with Crippen LogP contribution < -0.4 is 4.74 Å². The zero-order valence-corrected chi connectivity index (χ0v) is 20.0. The number of nitrogens with zero attached hydrogens (tertiary/aromatic N) is 4. The second-order valence-corrected chi connectivity index (χ2v) is 9.15. The van der Waals surface area contributed by atoms with Crippen molar-refractivity contribution in [3.05, 3.63) is 75.9 Å². The van der Waals surface area contributed by atoms with Crippen molar-refractivity contribution in [2.45, 2.75) is 11.7 Å². The third-order valence-electron chi connectivity index (χ3n) is 4.82. The minimum absolute atomic E-state index is 0.0192. The molecule has 0 aliphatic carbocycles. The van der Waals surface area contributed by atoms with E-state index in [1.165, 1.54) is 11.8 Å². The number of thioether (sulfide) groups is 1. The molecule has 0 saturated heterocycles. The summed E-state index contributed by atoms with van der Waals surface area (Å²) < 4.78 is 7.45. The highest BCUT2D eigenvalue weighted by molar-refractivity contribution is 7.99. The molecule has 2 aromatic heterocycles. The second kappa shape index (κ2) is 10.2. The number of hydrogen-bond acceptors (Lipinski definition) is 6. The quantitative estimate of drug-likeness (QED) is 0.313. The molecular formula is C23H21ClN4O2S2. The van der Waals surface area contributed by atoms with Crippen molar-refractivity contribution in [1.82, 2.24) is 19.7 Å². The van der Waals surface area contributed by atoms with E-state index in [2.05, 4.69) is 10.2 Å². The Balaban J connectivity index is 1.62. The average Bonchev–Trinajstić information content (AvgIpc) is 3.48. The van der Waals surface area contributed by atoms with Crippen molar-refractivity contribution < 1.29 is 9.53 Å². The first-order chi connectivity index (χ1) is 15.6. The second-order valence-electron chi connectivity index (χ2n) is 6.99. The van der Waals surface area contributed by atoms with E-state index < -0.39 is 0 Å². The Morgan fingerprint density at radius 1 is 1.16 bits per heavy atom. The van der Waals surface area contributed by atoms with E-state index in [-0.39, 0.29) is 11.7 Å². The number of halogens is 1. The lowest BCUT2D eigenvalue weighted by molar-refractivity contribution is -0.127. The molecule has 0 spiro atoms. The first-order valence-electron chi connectivity index (χ1n) is 9.79. The topological polar surface area (TPSA) is 60.3 Å². The van der Waals surface area contributed by atoms with Crippen LogP contribution in [-0.4, -0.2) is 45.5 Å². The standard InChI is InChI=1S/C23H21ClN4O2S2/c1-27(13-16-11-12-31-14-16)21(29)15-32-23-26-25-22(19-5-3-4-6-20(19)30-2)28(23)18-9-7-17(24)8-10-18/h3-12,14H,13,15H2,1-2H3. The first kappa shape index (κ1) is 22.4. The summed E-state index contributed by atoms with van der Waals surface area (Å²) in [5.41, 5.74) is 2.78. The van der Waals surface area contributed by atoms with E-state index in [9.17, 15) is 4.79 Å². The SMILES string of the molecule is COc1ccccc1-c1nnc(SCC(=O)N(C)Cc2ccsc2)n1-c1ccc(Cl)cc1. The molecule has 0 N–H and O–H groups in total. The molecule has 0 saturated carbocycles. The molecule has 2 aromatic carbocycles. The molecule has 2 heterocycles. The summed E-state index contributed by atoms with van der Waals surface area (Å²) in [7, 11) is 3.43. The Bertz CT molecular complexity index is 1190. The number of amides is 1. The lowest BCUT2D eigenvalue weighted by Crippen LogP contribution is -2.27. The lowest BCUT2D eigenvalue weighted by atomic mass is 10.2. The van der Waals surface area contributed by atoms with Gasteiger partial charge in [0.1, 0.15) is 5.75 Å². The fourth-order valence-electron chi connectivity index (χ4n) is 3.17. The Morgan fingerprint density at radius 2 is 1.94 bits per heavy atom. The predicted molar refractivity (Wildman–Crippen MR) is 130 cm³/mol. The number of aromatic nitrogens is 3. The van der Waals surface area contributed by atoms with Crippen molar-refractivity contribution in [2.75, 3.05) is 19.9 Å². The van der Waals surface area contributed by atoms with Gasteiger partial charge in [0.05, 0.1) is 18.4 Å². The van der Waals surface area contributed by atoms with E-state index in [1.807, 2.05) is 77.0 Å². The van der Waals surface area contributed by atoms with E-state index >= 15 is 0 Å². The highest BCUT2D eigenvalue weighted by atomic mass is 35.5. The van der Waals surface area contributed by atoms with Crippen LogP contribution in [0.5, 0.6) is 5.75 Å². The number of benzene rings is 2. The number of para-hydroxylation sites is 1. The van der Waals surface area contributed by atoms with Gasteiger partial charge < -0.3 is 9.64 Å². The lowest BCUT2D eigenvalue weighted by Gasteiger charge is -2.16. The van der Waals surface area contributed by atoms with Gasteiger partial charge in [-0.05, 0) is 58.8 Å².